The average molecular weight is 652 g/mol. The molecule has 1 aromatic rings. The number of nitrogens with one attached hydrogen (secondary N) is 4. The van der Waals surface area contributed by atoms with Crippen LogP contribution in [0.4, 0.5) is 0 Å². The summed E-state index contributed by atoms with van der Waals surface area (Å²) in [6, 6.07) is -0.0659. The Morgan fingerprint density at radius 3 is 1.76 bits per heavy atom. The third kappa shape index (κ3) is 15.0. The normalized spacial score (nSPS) is 15.1. The zero-order valence-corrected chi connectivity index (χ0v) is 27.0. The Morgan fingerprint density at radius 1 is 0.717 bits per heavy atom. The van der Waals surface area contributed by atoms with Crippen LogP contribution in [0.15, 0.2) is 24.3 Å². The van der Waals surface area contributed by atoms with Gasteiger partial charge in [-0.2, -0.15) is 0 Å². The van der Waals surface area contributed by atoms with Crippen molar-refractivity contribution in [1.82, 2.24) is 21.3 Å². The van der Waals surface area contributed by atoms with Crippen molar-refractivity contribution in [3.63, 3.8) is 0 Å². The predicted molar refractivity (Wildman–Crippen MR) is 172 cm³/mol. The van der Waals surface area contributed by atoms with Gasteiger partial charge in [0, 0.05) is 6.42 Å². The third-order valence-electron chi connectivity index (χ3n) is 7.28. The lowest BCUT2D eigenvalue weighted by molar-refractivity contribution is -0.142. The van der Waals surface area contributed by atoms with Crippen LogP contribution in [0.5, 0.6) is 5.75 Å². The first-order valence-corrected chi connectivity index (χ1v) is 15.8. The Labute approximate surface area is 270 Å². The van der Waals surface area contributed by atoms with E-state index in [0.29, 0.717) is 50.8 Å². The highest BCUT2D eigenvalue weighted by molar-refractivity contribution is 5.95. The molecular weight excluding hydrogens is 598 g/mol. The molecule has 15 heteroatoms. The molecule has 0 radical (unpaired) electrons. The summed E-state index contributed by atoms with van der Waals surface area (Å²) in [4.78, 5) is 64.8. The molecule has 15 nitrogen and oxygen atoms in total. The van der Waals surface area contributed by atoms with Crippen LogP contribution in [0.1, 0.15) is 71.3 Å². The van der Waals surface area contributed by atoms with Crippen LogP contribution < -0.4 is 38.5 Å². The monoisotopic (exact) mass is 651 g/mol. The van der Waals surface area contributed by atoms with Crippen molar-refractivity contribution in [3.05, 3.63) is 29.8 Å². The van der Waals surface area contributed by atoms with E-state index >= 15 is 0 Å². The average Bonchev–Trinajstić information content (AvgIpc) is 2.98. The van der Waals surface area contributed by atoms with Gasteiger partial charge in [-0.25, -0.2) is 4.79 Å². The smallest absolute Gasteiger partial charge is 0.326 e. The molecule has 0 saturated heterocycles. The quantitative estimate of drug-likeness (QED) is 0.0677. The number of unbranched alkanes of at least 4 members (excludes halogenated alkanes) is 2. The zero-order chi connectivity index (χ0) is 34.8. The van der Waals surface area contributed by atoms with Crippen molar-refractivity contribution in [2.24, 2.45) is 23.1 Å². The van der Waals surface area contributed by atoms with Crippen molar-refractivity contribution in [3.8, 4) is 5.75 Å². The number of phenols is 1. The number of benzene rings is 1. The number of carbonyl (C=O) groups is 5. The maximum atomic E-state index is 13.6. The van der Waals surface area contributed by atoms with Crippen molar-refractivity contribution < 1.29 is 39.3 Å². The minimum Gasteiger partial charge on any atom is -0.508 e. The number of carbonyl (C=O) groups excluding carboxylic acids is 4. The lowest BCUT2D eigenvalue weighted by Gasteiger charge is -2.28. The van der Waals surface area contributed by atoms with E-state index in [1.807, 2.05) is 13.8 Å². The van der Waals surface area contributed by atoms with Gasteiger partial charge in [0.25, 0.3) is 0 Å². The molecule has 0 aromatic heterocycles. The lowest BCUT2D eigenvalue weighted by Crippen LogP contribution is -2.60. The number of carboxylic acids is 1. The standard InChI is InChI=1S/C31H53N7O8/c1-18(2)16-24(37-30(44)26(19(3)39)38-27(41)22(34)8-4-6-14-32)28(42)36-25(17-20-10-12-21(40)13-11-20)29(43)35-23(31(45)46)9-5-7-15-33/h10-13,18-19,22-26,39-40H,4-9,14-17,32-34H2,1-3H3,(H,35,43)(H,36,42)(H,37,44)(H,38,41)(H,45,46)/t19-,22+,23+,24+,25+,26+/m1/s1. The minimum atomic E-state index is -1.42. The van der Waals surface area contributed by atoms with Crippen molar-refractivity contribution in [2.45, 2.75) is 108 Å². The van der Waals surface area contributed by atoms with Gasteiger partial charge in [0.2, 0.25) is 23.6 Å². The van der Waals surface area contributed by atoms with Crippen LogP contribution in [0.2, 0.25) is 0 Å². The van der Waals surface area contributed by atoms with E-state index in [2.05, 4.69) is 21.3 Å². The Morgan fingerprint density at radius 2 is 1.24 bits per heavy atom. The number of aliphatic carboxylic acids is 1. The molecule has 46 heavy (non-hydrogen) atoms. The van der Waals surface area contributed by atoms with E-state index in [0.717, 1.165) is 0 Å². The second-order valence-corrected chi connectivity index (χ2v) is 11.9. The van der Waals surface area contributed by atoms with Crippen LogP contribution >= 0.6 is 0 Å². The van der Waals surface area contributed by atoms with Crippen LogP contribution in [-0.4, -0.2) is 94.3 Å². The van der Waals surface area contributed by atoms with Crippen LogP contribution in [0.25, 0.3) is 0 Å². The van der Waals surface area contributed by atoms with Gasteiger partial charge in [-0.05, 0) is 82.2 Å². The summed E-state index contributed by atoms with van der Waals surface area (Å²) in [6.45, 7) is 5.76. The summed E-state index contributed by atoms with van der Waals surface area (Å²) >= 11 is 0. The van der Waals surface area contributed by atoms with Gasteiger partial charge in [0.15, 0.2) is 0 Å². The molecule has 0 aliphatic carbocycles. The van der Waals surface area contributed by atoms with Gasteiger partial charge >= 0.3 is 5.97 Å². The molecule has 1 aromatic carbocycles. The first-order chi connectivity index (χ1) is 21.7. The Balaban J connectivity index is 3.19. The molecule has 0 spiro atoms. The number of nitrogens with two attached hydrogens (primary N) is 3. The third-order valence-corrected chi connectivity index (χ3v) is 7.28. The number of carboxylic acid groups (broad SMARTS) is 1. The Hall–Kier alpha value is -3.79. The van der Waals surface area contributed by atoms with Gasteiger partial charge < -0.3 is 53.8 Å². The molecule has 0 bridgehead atoms. The number of hydrogen-bond donors (Lipinski definition) is 10. The van der Waals surface area contributed by atoms with Gasteiger partial charge in [-0.1, -0.05) is 32.4 Å². The van der Waals surface area contributed by atoms with Crippen LogP contribution in [0, 0.1) is 5.92 Å². The molecule has 4 amide bonds. The second kappa shape index (κ2) is 21.1. The highest BCUT2D eigenvalue weighted by atomic mass is 16.4. The largest absolute Gasteiger partial charge is 0.508 e. The summed E-state index contributed by atoms with van der Waals surface area (Å²) in [7, 11) is 0. The molecular formula is C31H53N7O8. The van der Waals surface area contributed by atoms with Gasteiger partial charge in [-0.15, -0.1) is 0 Å². The summed E-state index contributed by atoms with van der Waals surface area (Å²) in [6.07, 6.45) is 1.52. The molecule has 260 valence electrons. The molecule has 1 rings (SSSR count). The Bertz CT molecular complexity index is 1120. The van der Waals surface area contributed by atoms with E-state index in [1.54, 1.807) is 12.1 Å². The fourth-order valence-electron chi connectivity index (χ4n) is 4.64. The van der Waals surface area contributed by atoms with Gasteiger partial charge in [0.05, 0.1) is 12.1 Å². The molecule has 6 atom stereocenters. The summed E-state index contributed by atoms with van der Waals surface area (Å²) < 4.78 is 0. The number of amides is 4. The van der Waals surface area contributed by atoms with Crippen molar-refractivity contribution in [1.29, 1.82) is 0 Å². The molecule has 0 heterocycles. The molecule has 0 fully saturated rings. The fraction of sp³-hybridized carbons (Fsp3) is 0.645. The van der Waals surface area contributed by atoms with E-state index < -0.39 is 65.9 Å². The number of aliphatic hydroxyl groups is 1. The number of rotatable bonds is 22. The summed E-state index contributed by atoms with van der Waals surface area (Å²) in [5, 5.41) is 39.8. The molecule has 0 unspecified atom stereocenters. The van der Waals surface area contributed by atoms with Gasteiger partial charge in [-0.3, -0.25) is 19.2 Å². The highest BCUT2D eigenvalue weighted by Gasteiger charge is 2.33. The second-order valence-electron chi connectivity index (χ2n) is 11.9. The van der Waals surface area contributed by atoms with Crippen LogP contribution in [-0.2, 0) is 30.4 Å². The van der Waals surface area contributed by atoms with E-state index in [9.17, 15) is 39.3 Å². The molecule has 0 saturated carbocycles. The first-order valence-electron chi connectivity index (χ1n) is 15.8. The predicted octanol–water partition coefficient (Wildman–Crippen LogP) is -1.03. The molecule has 0 aliphatic heterocycles. The summed E-state index contributed by atoms with van der Waals surface area (Å²) in [5.41, 5.74) is 17.5. The lowest BCUT2D eigenvalue weighted by atomic mass is 10.00. The maximum Gasteiger partial charge on any atom is 0.326 e. The highest BCUT2D eigenvalue weighted by Crippen LogP contribution is 2.13. The van der Waals surface area contributed by atoms with Crippen molar-refractivity contribution in [2.75, 3.05) is 13.1 Å². The number of aromatic hydroxyl groups is 1. The number of phenolic OH excluding ortho intramolecular Hbond substituents is 1. The topological polar surface area (TPSA) is 272 Å². The fourth-order valence-corrected chi connectivity index (χ4v) is 4.64. The van der Waals surface area contributed by atoms with E-state index in [4.69, 9.17) is 17.2 Å². The zero-order valence-electron chi connectivity index (χ0n) is 27.0. The minimum absolute atomic E-state index is 0.00406. The SMILES string of the molecule is CC(C)C[C@H](NC(=O)[C@@H](NC(=O)[C@@H](N)CCCCN)[C@@H](C)O)C(=O)N[C@@H](Cc1ccc(O)cc1)C(=O)N[C@@H](CCCCN)C(=O)O. The van der Waals surface area contributed by atoms with Crippen molar-refractivity contribution >= 4 is 29.6 Å². The van der Waals surface area contributed by atoms with Crippen LogP contribution in [0.3, 0.4) is 0 Å². The van der Waals surface area contributed by atoms with E-state index in [-0.39, 0.29) is 30.9 Å². The molecule has 0 aliphatic rings. The molecule has 13 N–H and O–H groups in total. The summed E-state index contributed by atoms with van der Waals surface area (Å²) in [5.74, 6) is -4.31. The Kier molecular flexibility index (Phi) is 18.4. The van der Waals surface area contributed by atoms with E-state index in [1.165, 1.54) is 19.1 Å². The number of aliphatic hydroxyl groups excluding tert-OH is 1. The first kappa shape index (κ1) is 40.2. The van der Waals surface area contributed by atoms with Gasteiger partial charge in [0.1, 0.15) is 29.9 Å². The number of hydrogen-bond acceptors (Lipinski definition) is 10. The maximum absolute atomic E-state index is 13.6.